The summed E-state index contributed by atoms with van der Waals surface area (Å²) in [6.45, 7) is 5.45. The Bertz CT molecular complexity index is 740. The van der Waals surface area contributed by atoms with Gasteiger partial charge in [-0.2, -0.15) is 10.1 Å². The Labute approximate surface area is 131 Å². The van der Waals surface area contributed by atoms with E-state index in [0.29, 0.717) is 21.7 Å². The molecule has 0 saturated heterocycles. The molecule has 0 saturated carbocycles. The van der Waals surface area contributed by atoms with Crippen molar-refractivity contribution in [3.05, 3.63) is 52.4 Å². The van der Waals surface area contributed by atoms with E-state index >= 15 is 0 Å². The number of nitrogens with zero attached hydrogens (tertiary/aromatic N) is 3. The van der Waals surface area contributed by atoms with Gasteiger partial charge in [0.2, 0.25) is 5.95 Å². The van der Waals surface area contributed by atoms with Crippen LogP contribution in [-0.2, 0) is 4.79 Å². The van der Waals surface area contributed by atoms with Crippen LogP contribution in [0.1, 0.15) is 18.5 Å². The number of rotatable bonds is 2. The minimum atomic E-state index is -0.491. The highest BCUT2D eigenvalue weighted by molar-refractivity contribution is 6.42. The standard InChI is InChI=1S/C14H12Cl2N4O/c1-7-11(8(2)21)13(20-14(19-7)17-6-18-20)9-4-3-5-10(15)12(9)16/h3-6,11,13H,1H2,2H3,(H,17,18,19)/t11-,13+/m1/s1. The molecular weight excluding hydrogens is 311 g/mol. The zero-order valence-corrected chi connectivity index (χ0v) is 12.7. The van der Waals surface area contributed by atoms with Crippen molar-refractivity contribution in [1.29, 1.82) is 0 Å². The van der Waals surface area contributed by atoms with Gasteiger partial charge in [0.25, 0.3) is 0 Å². The summed E-state index contributed by atoms with van der Waals surface area (Å²) < 4.78 is 1.64. The molecule has 3 rings (SSSR count). The van der Waals surface area contributed by atoms with E-state index in [9.17, 15) is 4.79 Å². The lowest BCUT2D eigenvalue weighted by atomic mass is 9.86. The van der Waals surface area contributed by atoms with Gasteiger partial charge in [0.05, 0.1) is 22.0 Å². The van der Waals surface area contributed by atoms with Gasteiger partial charge in [-0.05, 0) is 18.6 Å². The lowest BCUT2D eigenvalue weighted by molar-refractivity contribution is -0.120. The Morgan fingerprint density at radius 1 is 1.43 bits per heavy atom. The second kappa shape index (κ2) is 5.16. The third-order valence-electron chi connectivity index (χ3n) is 3.54. The van der Waals surface area contributed by atoms with E-state index < -0.39 is 12.0 Å². The molecule has 0 unspecified atom stereocenters. The average Bonchev–Trinajstić information content (AvgIpc) is 2.88. The van der Waals surface area contributed by atoms with Crippen molar-refractivity contribution in [3.63, 3.8) is 0 Å². The van der Waals surface area contributed by atoms with Gasteiger partial charge in [-0.1, -0.05) is 41.9 Å². The molecule has 0 aliphatic carbocycles. The zero-order chi connectivity index (χ0) is 15.1. The van der Waals surface area contributed by atoms with Crippen LogP contribution in [0.2, 0.25) is 10.0 Å². The zero-order valence-electron chi connectivity index (χ0n) is 11.2. The number of hydrogen-bond acceptors (Lipinski definition) is 4. The van der Waals surface area contributed by atoms with Crippen molar-refractivity contribution in [3.8, 4) is 0 Å². The van der Waals surface area contributed by atoms with Crippen molar-refractivity contribution in [2.45, 2.75) is 13.0 Å². The third-order valence-corrected chi connectivity index (χ3v) is 4.37. The lowest BCUT2D eigenvalue weighted by Gasteiger charge is -2.33. The number of aromatic nitrogens is 3. The molecule has 0 radical (unpaired) electrons. The molecule has 2 heterocycles. The molecular formula is C14H12Cl2N4O. The van der Waals surface area contributed by atoms with E-state index in [-0.39, 0.29) is 5.78 Å². The number of Topliss-reactive ketones (excluding diaryl/α,β-unsaturated/α-hetero) is 1. The topological polar surface area (TPSA) is 59.8 Å². The molecule has 1 aliphatic heterocycles. The first-order valence-corrected chi connectivity index (χ1v) is 7.06. The Morgan fingerprint density at radius 3 is 2.90 bits per heavy atom. The normalized spacial score (nSPS) is 20.8. The maximum absolute atomic E-state index is 12.1. The number of benzene rings is 1. The predicted octanol–water partition coefficient (Wildman–Crippen LogP) is 3.32. The maximum Gasteiger partial charge on any atom is 0.226 e. The molecule has 0 fully saturated rings. The van der Waals surface area contributed by atoms with Gasteiger partial charge < -0.3 is 5.32 Å². The summed E-state index contributed by atoms with van der Waals surface area (Å²) >= 11 is 12.4. The van der Waals surface area contributed by atoms with Gasteiger partial charge in [-0.25, -0.2) is 4.68 Å². The van der Waals surface area contributed by atoms with Crippen LogP contribution in [0, 0.1) is 5.92 Å². The summed E-state index contributed by atoms with van der Waals surface area (Å²) in [5.74, 6) is 0.00315. The summed E-state index contributed by atoms with van der Waals surface area (Å²) in [6, 6.07) is 4.91. The van der Waals surface area contributed by atoms with Crippen molar-refractivity contribution in [2.24, 2.45) is 5.92 Å². The Kier molecular flexibility index (Phi) is 3.47. The number of allylic oxidation sites excluding steroid dienone is 1. The van der Waals surface area contributed by atoms with Crippen molar-refractivity contribution < 1.29 is 4.79 Å². The summed E-state index contributed by atoms with van der Waals surface area (Å²) in [5, 5.41) is 8.05. The first-order valence-electron chi connectivity index (χ1n) is 6.30. The second-order valence-electron chi connectivity index (χ2n) is 4.85. The highest BCUT2D eigenvalue weighted by Crippen LogP contribution is 2.41. The molecule has 21 heavy (non-hydrogen) atoms. The van der Waals surface area contributed by atoms with Crippen LogP contribution < -0.4 is 5.32 Å². The number of fused-ring (bicyclic) bond motifs is 1. The van der Waals surface area contributed by atoms with Gasteiger partial charge in [0.15, 0.2) is 0 Å². The van der Waals surface area contributed by atoms with Crippen LogP contribution >= 0.6 is 23.2 Å². The van der Waals surface area contributed by atoms with E-state index in [1.165, 1.54) is 13.3 Å². The Balaban J connectivity index is 2.23. The number of carbonyl (C=O) groups is 1. The highest BCUT2D eigenvalue weighted by atomic mass is 35.5. The molecule has 1 aromatic heterocycles. The van der Waals surface area contributed by atoms with Crippen molar-refractivity contribution in [2.75, 3.05) is 5.32 Å². The van der Waals surface area contributed by atoms with Gasteiger partial charge in [-0.3, -0.25) is 4.79 Å². The molecule has 1 aliphatic rings. The first-order chi connectivity index (χ1) is 10.0. The summed E-state index contributed by atoms with van der Waals surface area (Å²) in [7, 11) is 0. The fraction of sp³-hybridized carbons (Fsp3) is 0.214. The molecule has 0 spiro atoms. The van der Waals surface area contributed by atoms with Crippen molar-refractivity contribution >= 4 is 34.9 Å². The number of ketones is 1. The second-order valence-corrected chi connectivity index (χ2v) is 5.64. The van der Waals surface area contributed by atoms with Crippen LogP contribution in [-0.4, -0.2) is 20.5 Å². The van der Waals surface area contributed by atoms with E-state index in [1.54, 1.807) is 16.8 Å². The van der Waals surface area contributed by atoms with E-state index in [0.717, 1.165) is 5.56 Å². The van der Waals surface area contributed by atoms with Crippen LogP contribution in [0.3, 0.4) is 0 Å². The highest BCUT2D eigenvalue weighted by Gasteiger charge is 2.38. The monoisotopic (exact) mass is 322 g/mol. The van der Waals surface area contributed by atoms with Gasteiger partial charge >= 0.3 is 0 Å². The fourth-order valence-corrected chi connectivity index (χ4v) is 3.04. The minimum Gasteiger partial charge on any atom is -0.328 e. The summed E-state index contributed by atoms with van der Waals surface area (Å²) in [4.78, 5) is 16.2. The minimum absolute atomic E-state index is 0.0327. The largest absolute Gasteiger partial charge is 0.328 e. The quantitative estimate of drug-likeness (QED) is 0.921. The number of carbonyl (C=O) groups excluding carboxylic acids is 1. The van der Waals surface area contributed by atoms with Gasteiger partial charge in [0, 0.05) is 5.70 Å². The smallest absolute Gasteiger partial charge is 0.226 e. The van der Waals surface area contributed by atoms with Crippen molar-refractivity contribution in [1.82, 2.24) is 14.8 Å². The molecule has 0 bridgehead atoms. The third kappa shape index (κ3) is 2.22. The van der Waals surface area contributed by atoms with Crippen LogP contribution in [0.4, 0.5) is 5.95 Å². The van der Waals surface area contributed by atoms with Crippen LogP contribution in [0.25, 0.3) is 0 Å². The van der Waals surface area contributed by atoms with E-state index in [1.807, 2.05) is 6.07 Å². The van der Waals surface area contributed by atoms with Gasteiger partial charge in [-0.15, -0.1) is 0 Å². The maximum atomic E-state index is 12.1. The summed E-state index contributed by atoms with van der Waals surface area (Å²) in [5.41, 5.74) is 1.29. The van der Waals surface area contributed by atoms with E-state index in [4.69, 9.17) is 23.2 Å². The average molecular weight is 323 g/mol. The number of halogens is 2. The molecule has 5 nitrogen and oxygen atoms in total. The molecule has 2 aromatic rings. The fourth-order valence-electron chi connectivity index (χ4n) is 2.62. The number of hydrogen-bond donors (Lipinski definition) is 1. The number of anilines is 1. The Hall–Kier alpha value is -1.85. The molecule has 0 amide bonds. The molecule has 7 heteroatoms. The van der Waals surface area contributed by atoms with Gasteiger partial charge in [0.1, 0.15) is 12.1 Å². The molecule has 1 aromatic carbocycles. The number of nitrogens with one attached hydrogen (secondary N) is 1. The van der Waals surface area contributed by atoms with Crippen LogP contribution in [0.5, 0.6) is 0 Å². The first kappa shape index (κ1) is 14.1. The molecule has 2 atom stereocenters. The Morgan fingerprint density at radius 2 is 2.19 bits per heavy atom. The predicted molar refractivity (Wildman–Crippen MR) is 81.6 cm³/mol. The lowest BCUT2D eigenvalue weighted by Crippen LogP contribution is -2.36. The molecule has 108 valence electrons. The van der Waals surface area contributed by atoms with Crippen LogP contribution in [0.15, 0.2) is 36.8 Å². The summed E-state index contributed by atoms with van der Waals surface area (Å²) in [6.07, 6.45) is 1.42. The molecule has 1 N–H and O–H groups in total. The SMILES string of the molecule is C=C1Nc2ncnn2[C@@H](c2cccc(Cl)c2Cl)[C@H]1C(C)=O. The van der Waals surface area contributed by atoms with E-state index in [2.05, 4.69) is 22.0 Å².